The van der Waals surface area contributed by atoms with Gasteiger partial charge in [-0.3, -0.25) is 24.9 Å². The van der Waals surface area contributed by atoms with Crippen molar-refractivity contribution in [3.05, 3.63) is 68.2 Å². The third-order valence-electron chi connectivity index (χ3n) is 2.85. The molecular formula is C13H14N4O3. The Hall–Kier alpha value is -2.67. The zero-order valence-electron chi connectivity index (χ0n) is 10.6. The van der Waals surface area contributed by atoms with Crippen LogP contribution in [0.3, 0.4) is 0 Å². The lowest BCUT2D eigenvalue weighted by Gasteiger charge is -2.10. The van der Waals surface area contributed by atoms with Crippen LogP contribution in [0.5, 0.6) is 0 Å². The number of carbonyl (C=O) groups excluding carboxylic acids is 1. The second kappa shape index (κ2) is 5.98. The summed E-state index contributed by atoms with van der Waals surface area (Å²) >= 11 is 0. The number of rotatable bonds is 4. The number of hydrazine groups is 1. The molecule has 0 bridgehead atoms. The van der Waals surface area contributed by atoms with Crippen molar-refractivity contribution in [1.82, 2.24) is 15.2 Å². The van der Waals surface area contributed by atoms with Crippen LogP contribution < -0.4 is 22.4 Å². The molecule has 0 unspecified atom stereocenters. The number of hydrogen-bond donors (Lipinski definition) is 3. The fraction of sp³-hybridized carbons (Fsp3) is 0.154. The maximum atomic E-state index is 11.7. The average molecular weight is 274 g/mol. The molecule has 7 heteroatoms. The van der Waals surface area contributed by atoms with Gasteiger partial charge in [-0.15, -0.1) is 0 Å². The summed E-state index contributed by atoms with van der Waals surface area (Å²) in [5.74, 6) is 4.74. The van der Waals surface area contributed by atoms with Crippen molar-refractivity contribution in [1.29, 1.82) is 0 Å². The van der Waals surface area contributed by atoms with E-state index in [1.54, 1.807) is 24.3 Å². The van der Waals surface area contributed by atoms with Gasteiger partial charge < -0.3 is 0 Å². The van der Waals surface area contributed by atoms with Gasteiger partial charge in [-0.25, -0.2) is 10.5 Å². The lowest BCUT2D eigenvalue weighted by atomic mass is 10.0. The van der Waals surface area contributed by atoms with Crippen molar-refractivity contribution in [3.63, 3.8) is 0 Å². The summed E-state index contributed by atoms with van der Waals surface area (Å²) < 4.78 is 1.20. The van der Waals surface area contributed by atoms with Crippen LogP contribution in [0.15, 0.2) is 46.0 Å². The maximum absolute atomic E-state index is 11.7. The first-order chi connectivity index (χ1) is 9.60. The predicted molar refractivity (Wildman–Crippen MR) is 72.9 cm³/mol. The molecule has 0 aliphatic carbocycles. The summed E-state index contributed by atoms with van der Waals surface area (Å²) in [4.78, 5) is 34.2. The molecule has 7 nitrogen and oxygen atoms in total. The van der Waals surface area contributed by atoms with Gasteiger partial charge in [-0.05, 0) is 11.1 Å². The van der Waals surface area contributed by atoms with Crippen LogP contribution in [0.1, 0.15) is 11.1 Å². The largest absolute Gasteiger partial charge is 0.294 e. The lowest BCUT2D eigenvalue weighted by Crippen LogP contribution is -2.32. The highest BCUT2D eigenvalue weighted by Gasteiger charge is 2.08. The average Bonchev–Trinajstić information content (AvgIpc) is 2.44. The summed E-state index contributed by atoms with van der Waals surface area (Å²) in [6.45, 7) is 0.183. The molecule has 104 valence electrons. The number of amides is 1. The molecule has 0 saturated heterocycles. The number of nitrogens with one attached hydrogen (secondary N) is 2. The van der Waals surface area contributed by atoms with Crippen LogP contribution >= 0.6 is 0 Å². The van der Waals surface area contributed by atoms with Gasteiger partial charge in [-0.1, -0.05) is 24.3 Å². The molecule has 0 saturated carbocycles. The van der Waals surface area contributed by atoms with Crippen molar-refractivity contribution in [2.75, 3.05) is 0 Å². The van der Waals surface area contributed by atoms with Crippen molar-refractivity contribution in [3.8, 4) is 0 Å². The summed E-state index contributed by atoms with van der Waals surface area (Å²) in [6.07, 6.45) is 0.110. The molecule has 4 N–H and O–H groups in total. The number of nitrogens with zero attached hydrogens (tertiary/aromatic N) is 1. The SMILES string of the molecule is NNC(=O)Cc1ccccc1Cn1[nH]c(=O)ccc1=O. The Bertz CT molecular complexity index is 733. The van der Waals surface area contributed by atoms with E-state index in [1.165, 1.54) is 16.8 Å². The molecule has 2 aromatic rings. The van der Waals surface area contributed by atoms with Gasteiger partial charge in [0, 0.05) is 12.1 Å². The second-order valence-electron chi connectivity index (χ2n) is 4.25. The Labute approximate surface area is 114 Å². The highest BCUT2D eigenvalue weighted by molar-refractivity contribution is 5.78. The molecule has 0 fully saturated rings. The minimum Gasteiger partial charge on any atom is -0.294 e. The molecule has 20 heavy (non-hydrogen) atoms. The summed E-state index contributed by atoms with van der Waals surface area (Å²) in [5.41, 5.74) is 2.89. The van der Waals surface area contributed by atoms with Gasteiger partial charge in [0.05, 0.1) is 13.0 Å². The second-order valence-corrected chi connectivity index (χ2v) is 4.25. The van der Waals surface area contributed by atoms with Crippen molar-refractivity contribution >= 4 is 5.91 Å². The Morgan fingerprint density at radius 2 is 1.85 bits per heavy atom. The Kier molecular flexibility index (Phi) is 4.11. The lowest BCUT2D eigenvalue weighted by molar-refractivity contribution is -0.120. The molecule has 0 radical (unpaired) electrons. The number of benzene rings is 1. The molecule has 0 spiro atoms. The first-order valence-corrected chi connectivity index (χ1v) is 5.96. The van der Waals surface area contributed by atoms with Crippen LogP contribution in [0, 0.1) is 0 Å². The minimum absolute atomic E-state index is 0.110. The van der Waals surface area contributed by atoms with E-state index in [0.29, 0.717) is 0 Å². The smallest absolute Gasteiger partial charge is 0.265 e. The van der Waals surface area contributed by atoms with Gasteiger partial charge in [0.15, 0.2) is 0 Å². The number of carbonyl (C=O) groups is 1. The van der Waals surface area contributed by atoms with Crippen LogP contribution in [0.25, 0.3) is 0 Å². The minimum atomic E-state index is -0.359. The topological polar surface area (TPSA) is 110 Å². The van der Waals surface area contributed by atoms with Crippen LogP contribution in [0.2, 0.25) is 0 Å². The van der Waals surface area contributed by atoms with E-state index in [1.807, 2.05) is 0 Å². The standard InChI is InChI=1S/C13H14N4O3/c14-15-12(19)7-9-3-1-2-4-10(9)8-17-13(20)6-5-11(18)16-17/h1-6H,7-8,14H2,(H,15,19)(H,16,18). The van der Waals surface area contributed by atoms with Crippen LogP contribution in [0.4, 0.5) is 0 Å². The van der Waals surface area contributed by atoms with Crippen molar-refractivity contribution in [2.24, 2.45) is 5.84 Å². The number of aromatic nitrogens is 2. The molecule has 2 rings (SSSR count). The Morgan fingerprint density at radius 3 is 2.55 bits per heavy atom. The first kappa shape index (κ1) is 13.8. The first-order valence-electron chi connectivity index (χ1n) is 5.96. The van der Waals surface area contributed by atoms with E-state index >= 15 is 0 Å². The van der Waals surface area contributed by atoms with Crippen molar-refractivity contribution in [2.45, 2.75) is 13.0 Å². The Balaban J connectivity index is 2.34. The third-order valence-corrected chi connectivity index (χ3v) is 2.85. The van der Waals surface area contributed by atoms with E-state index < -0.39 is 0 Å². The van der Waals surface area contributed by atoms with E-state index in [-0.39, 0.29) is 30.0 Å². The third kappa shape index (κ3) is 3.21. The van der Waals surface area contributed by atoms with E-state index in [2.05, 4.69) is 10.5 Å². The molecule has 0 aliphatic rings. The molecule has 1 aromatic heterocycles. The number of hydrogen-bond acceptors (Lipinski definition) is 4. The van der Waals surface area contributed by atoms with Gasteiger partial charge in [0.25, 0.3) is 11.1 Å². The fourth-order valence-corrected chi connectivity index (χ4v) is 1.86. The summed E-state index contributed by atoms with van der Waals surface area (Å²) in [6, 6.07) is 9.53. The number of nitrogens with two attached hydrogens (primary N) is 1. The van der Waals surface area contributed by atoms with Crippen molar-refractivity contribution < 1.29 is 4.79 Å². The normalized spacial score (nSPS) is 10.2. The molecule has 0 aliphatic heterocycles. The van der Waals surface area contributed by atoms with E-state index in [4.69, 9.17) is 5.84 Å². The van der Waals surface area contributed by atoms with Gasteiger partial charge in [0.2, 0.25) is 5.91 Å². The predicted octanol–water partition coefficient (Wildman–Crippen LogP) is -0.883. The maximum Gasteiger partial charge on any atom is 0.265 e. The van der Waals surface area contributed by atoms with E-state index in [0.717, 1.165) is 11.1 Å². The zero-order chi connectivity index (χ0) is 14.5. The number of aromatic amines is 1. The molecular weight excluding hydrogens is 260 g/mol. The monoisotopic (exact) mass is 274 g/mol. The molecule has 1 aromatic carbocycles. The molecule has 1 amide bonds. The highest BCUT2D eigenvalue weighted by atomic mass is 16.2. The highest BCUT2D eigenvalue weighted by Crippen LogP contribution is 2.10. The molecule has 0 atom stereocenters. The zero-order valence-corrected chi connectivity index (χ0v) is 10.6. The van der Waals surface area contributed by atoms with Gasteiger partial charge in [-0.2, -0.15) is 0 Å². The van der Waals surface area contributed by atoms with Gasteiger partial charge >= 0.3 is 0 Å². The van der Waals surface area contributed by atoms with Gasteiger partial charge in [0.1, 0.15) is 0 Å². The summed E-state index contributed by atoms with van der Waals surface area (Å²) in [5, 5.41) is 2.44. The fourth-order valence-electron chi connectivity index (χ4n) is 1.86. The Morgan fingerprint density at radius 1 is 1.15 bits per heavy atom. The summed E-state index contributed by atoms with van der Waals surface area (Å²) in [7, 11) is 0. The van der Waals surface area contributed by atoms with Crippen LogP contribution in [-0.2, 0) is 17.8 Å². The van der Waals surface area contributed by atoms with Crippen LogP contribution in [-0.4, -0.2) is 15.7 Å². The number of H-pyrrole nitrogens is 1. The quantitative estimate of drug-likeness (QED) is 0.382. The van der Waals surface area contributed by atoms with E-state index in [9.17, 15) is 14.4 Å². The molecule has 1 heterocycles.